The summed E-state index contributed by atoms with van der Waals surface area (Å²) in [7, 11) is -3.35. The van der Waals surface area contributed by atoms with E-state index in [2.05, 4.69) is 10.2 Å². The zero-order chi connectivity index (χ0) is 18.3. The maximum absolute atomic E-state index is 12.3. The third-order valence-electron chi connectivity index (χ3n) is 4.08. The Morgan fingerprint density at radius 1 is 1.00 bits per heavy atom. The molecule has 142 valence electrons. The first kappa shape index (κ1) is 20.0. The number of alkyl halides is 3. The van der Waals surface area contributed by atoms with Crippen molar-refractivity contribution in [3.8, 4) is 0 Å². The largest absolute Gasteiger partial charge is 0.401 e. The van der Waals surface area contributed by atoms with Crippen molar-refractivity contribution < 1.29 is 21.6 Å². The molecule has 25 heavy (non-hydrogen) atoms. The predicted molar refractivity (Wildman–Crippen MR) is 92.2 cm³/mol. The van der Waals surface area contributed by atoms with Gasteiger partial charge in [0.2, 0.25) is 10.0 Å². The van der Waals surface area contributed by atoms with Gasteiger partial charge in [-0.15, -0.1) is 0 Å². The highest BCUT2D eigenvalue weighted by Gasteiger charge is 2.27. The van der Waals surface area contributed by atoms with Crippen molar-refractivity contribution in [2.45, 2.75) is 19.0 Å². The average Bonchev–Trinajstić information content (AvgIpc) is 2.58. The summed E-state index contributed by atoms with van der Waals surface area (Å²) in [5, 5.41) is 2.28. The van der Waals surface area contributed by atoms with Crippen molar-refractivity contribution in [3.63, 3.8) is 0 Å². The highest BCUT2D eigenvalue weighted by atomic mass is 32.2. The minimum Gasteiger partial charge on any atom is -0.369 e. The molecule has 0 saturated carbocycles. The molecule has 1 aromatic carbocycles. The maximum atomic E-state index is 12.3. The molecule has 1 N–H and O–H groups in total. The van der Waals surface area contributed by atoms with E-state index in [1.54, 1.807) is 0 Å². The molecule has 1 aliphatic rings. The normalized spacial score (nSPS) is 17.0. The molecule has 5 nitrogen and oxygen atoms in total. The molecule has 9 heteroatoms. The van der Waals surface area contributed by atoms with Gasteiger partial charge < -0.3 is 10.2 Å². The van der Waals surface area contributed by atoms with E-state index in [1.165, 1.54) is 4.31 Å². The van der Waals surface area contributed by atoms with E-state index in [0.29, 0.717) is 39.0 Å². The maximum Gasteiger partial charge on any atom is 0.401 e. The molecule has 1 heterocycles. The number of nitrogens with zero attached hydrogens (tertiary/aromatic N) is 2. The van der Waals surface area contributed by atoms with Gasteiger partial charge in [-0.3, -0.25) is 0 Å². The molecule has 1 aliphatic heterocycles. The van der Waals surface area contributed by atoms with Crippen LogP contribution in [0.4, 0.5) is 18.9 Å². The van der Waals surface area contributed by atoms with Gasteiger partial charge in [-0.2, -0.15) is 17.5 Å². The summed E-state index contributed by atoms with van der Waals surface area (Å²) >= 11 is 0. The molecule has 0 radical (unpaired) electrons. The van der Waals surface area contributed by atoms with Crippen LogP contribution < -0.4 is 10.2 Å². The second-order valence-corrected chi connectivity index (χ2v) is 8.13. The van der Waals surface area contributed by atoms with Crippen molar-refractivity contribution in [3.05, 3.63) is 30.3 Å². The average molecular weight is 379 g/mol. The molecule has 0 aromatic heterocycles. The molecule has 2 rings (SSSR count). The number of piperazine rings is 1. The fourth-order valence-corrected chi connectivity index (χ4v) is 4.30. The fraction of sp³-hybridized carbons (Fsp3) is 0.625. The Morgan fingerprint density at radius 2 is 1.64 bits per heavy atom. The third-order valence-corrected chi connectivity index (χ3v) is 6.04. The number of sulfonamides is 1. The molecular formula is C16H24F3N3O2S. The molecule has 1 aromatic rings. The van der Waals surface area contributed by atoms with Gasteiger partial charge in [0.15, 0.2) is 0 Å². The zero-order valence-electron chi connectivity index (χ0n) is 14.0. The van der Waals surface area contributed by atoms with Crippen molar-refractivity contribution >= 4 is 15.7 Å². The van der Waals surface area contributed by atoms with Crippen LogP contribution in [-0.2, 0) is 10.0 Å². The molecule has 0 unspecified atom stereocenters. The summed E-state index contributed by atoms with van der Waals surface area (Å²) < 4.78 is 62.1. The first-order valence-corrected chi connectivity index (χ1v) is 9.94. The number of rotatable bonds is 8. The molecule has 0 bridgehead atoms. The first-order valence-electron chi connectivity index (χ1n) is 8.33. The summed E-state index contributed by atoms with van der Waals surface area (Å²) in [6, 6.07) is 9.83. The molecule has 0 atom stereocenters. The van der Waals surface area contributed by atoms with E-state index in [9.17, 15) is 21.6 Å². The Morgan fingerprint density at radius 3 is 2.24 bits per heavy atom. The van der Waals surface area contributed by atoms with E-state index in [1.807, 2.05) is 30.3 Å². The third kappa shape index (κ3) is 6.83. The van der Waals surface area contributed by atoms with Crippen LogP contribution in [-0.4, -0.2) is 63.9 Å². The Balaban J connectivity index is 1.69. The Bertz CT molecular complexity index is 615. The molecular weight excluding hydrogens is 355 g/mol. The highest BCUT2D eigenvalue weighted by Crippen LogP contribution is 2.17. The Kier molecular flexibility index (Phi) is 7.09. The van der Waals surface area contributed by atoms with Crippen LogP contribution in [0.3, 0.4) is 0 Å². The van der Waals surface area contributed by atoms with Crippen LogP contribution >= 0.6 is 0 Å². The van der Waals surface area contributed by atoms with Crippen molar-refractivity contribution in [1.82, 2.24) is 9.62 Å². The molecule has 1 fully saturated rings. The standard InChI is InChI=1S/C16H24F3N3O2S/c17-16(18,19)14-20-8-4-5-13-25(23,24)22-11-9-21(10-12-22)15-6-2-1-3-7-15/h1-3,6-7,20H,4-5,8-14H2. The lowest BCUT2D eigenvalue weighted by molar-refractivity contribution is -0.124. The van der Waals surface area contributed by atoms with Crippen LogP contribution in [0.1, 0.15) is 12.8 Å². The van der Waals surface area contributed by atoms with E-state index < -0.39 is 22.7 Å². The lowest BCUT2D eigenvalue weighted by Crippen LogP contribution is -2.49. The summed E-state index contributed by atoms with van der Waals surface area (Å²) in [5.41, 5.74) is 1.08. The number of hydrogen-bond donors (Lipinski definition) is 1. The number of anilines is 1. The van der Waals surface area contributed by atoms with Crippen LogP contribution in [0.2, 0.25) is 0 Å². The number of nitrogens with one attached hydrogen (secondary N) is 1. The van der Waals surface area contributed by atoms with Gasteiger partial charge in [-0.05, 0) is 31.5 Å². The lowest BCUT2D eigenvalue weighted by Gasteiger charge is -2.35. The van der Waals surface area contributed by atoms with Crippen molar-refractivity contribution in [2.24, 2.45) is 0 Å². The number of para-hydroxylation sites is 1. The topological polar surface area (TPSA) is 52.7 Å². The second-order valence-electron chi connectivity index (χ2n) is 6.04. The minimum absolute atomic E-state index is 0.0218. The molecule has 0 aliphatic carbocycles. The van der Waals surface area contributed by atoms with Gasteiger partial charge in [0, 0.05) is 31.9 Å². The monoisotopic (exact) mass is 379 g/mol. The smallest absolute Gasteiger partial charge is 0.369 e. The van der Waals surface area contributed by atoms with E-state index in [4.69, 9.17) is 0 Å². The van der Waals surface area contributed by atoms with Gasteiger partial charge >= 0.3 is 6.18 Å². The number of hydrogen-bond acceptors (Lipinski definition) is 4. The van der Waals surface area contributed by atoms with Crippen LogP contribution in [0.5, 0.6) is 0 Å². The Labute approximate surface area is 146 Å². The van der Waals surface area contributed by atoms with Crippen LogP contribution in [0, 0.1) is 0 Å². The zero-order valence-corrected chi connectivity index (χ0v) is 14.8. The van der Waals surface area contributed by atoms with Gasteiger partial charge in [0.05, 0.1) is 12.3 Å². The molecule has 0 spiro atoms. The lowest BCUT2D eigenvalue weighted by atomic mass is 10.2. The highest BCUT2D eigenvalue weighted by molar-refractivity contribution is 7.89. The van der Waals surface area contributed by atoms with Gasteiger partial charge in [0.1, 0.15) is 0 Å². The first-order chi connectivity index (χ1) is 11.8. The van der Waals surface area contributed by atoms with Crippen LogP contribution in [0.15, 0.2) is 30.3 Å². The van der Waals surface area contributed by atoms with Crippen molar-refractivity contribution in [2.75, 3.05) is 49.9 Å². The van der Waals surface area contributed by atoms with Gasteiger partial charge in [-0.25, -0.2) is 8.42 Å². The SMILES string of the molecule is O=S(=O)(CCCCNCC(F)(F)F)N1CCN(c2ccccc2)CC1. The summed E-state index contributed by atoms with van der Waals surface area (Å²) in [6.07, 6.45) is -3.48. The summed E-state index contributed by atoms with van der Waals surface area (Å²) in [6.45, 7) is 1.26. The van der Waals surface area contributed by atoms with Crippen LogP contribution in [0.25, 0.3) is 0 Å². The number of unbranched alkanes of at least 4 members (excludes halogenated alkanes) is 1. The van der Waals surface area contributed by atoms with E-state index in [0.717, 1.165) is 5.69 Å². The van der Waals surface area contributed by atoms with Crippen molar-refractivity contribution in [1.29, 1.82) is 0 Å². The second kappa shape index (κ2) is 8.86. The number of benzene rings is 1. The summed E-state index contributed by atoms with van der Waals surface area (Å²) in [5.74, 6) is -0.0218. The van der Waals surface area contributed by atoms with Gasteiger partial charge in [0.25, 0.3) is 0 Å². The fourth-order valence-electron chi connectivity index (χ4n) is 2.76. The minimum atomic E-state index is -4.23. The quantitative estimate of drug-likeness (QED) is 0.703. The summed E-state index contributed by atoms with van der Waals surface area (Å²) in [4.78, 5) is 2.15. The van der Waals surface area contributed by atoms with Gasteiger partial charge in [-0.1, -0.05) is 18.2 Å². The molecule has 0 amide bonds. The molecule has 1 saturated heterocycles. The Hall–Kier alpha value is -1.32. The predicted octanol–water partition coefficient (Wildman–Crippen LogP) is 2.07. The van der Waals surface area contributed by atoms with E-state index >= 15 is 0 Å². The van der Waals surface area contributed by atoms with E-state index in [-0.39, 0.29) is 12.3 Å². The number of halogens is 3.